The van der Waals surface area contributed by atoms with Crippen molar-refractivity contribution >= 4 is 0 Å². The zero-order valence-electron chi connectivity index (χ0n) is 7.97. The van der Waals surface area contributed by atoms with Gasteiger partial charge in [-0.2, -0.15) is 5.10 Å². The van der Waals surface area contributed by atoms with Crippen molar-refractivity contribution in [2.75, 3.05) is 0 Å². The fourth-order valence-corrected chi connectivity index (χ4v) is 2.00. The van der Waals surface area contributed by atoms with Crippen LogP contribution in [0.15, 0.2) is 23.1 Å². The van der Waals surface area contributed by atoms with Gasteiger partial charge >= 0.3 is 0 Å². The summed E-state index contributed by atoms with van der Waals surface area (Å²) in [7, 11) is 0. The number of nitrogens with zero attached hydrogens (tertiary/aromatic N) is 2. The van der Waals surface area contributed by atoms with Gasteiger partial charge in [-0.05, 0) is 18.9 Å². The first-order valence-corrected chi connectivity index (χ1v) is 5.01. The Morgan fingerprint density at radius 1 is 1.43 bits per heavy atom. The Labute approximate surface area is 82.2 Å². The molecule has 4 heteroatoms. The van der Waals surface area contributed by atoms with Gasteiger partial charge in [-0.15, -0.1) is 0 Å². The molecule has 4 nitrogen and oxygen atoms in total. The Hall–Kier alpha value is -1.16. The summed E-state index contributed by atoms with van der Waals surface area (Å²) in [5, 5.41) is 13.7. The van der Waals surface area contributed by atoms with E-state index in [0.717, 1.165) is 25.7 Å². The SMILES string of the molecule is O=c1cccnn1C1CCCCC1O. The molecule has 1 aliphatic carbocycles. The molecule has 0 radical (unpaired) electrons. The van der Waals surface area contributed by atoms with Crippen LogP contribution in [0, 0.1) is 0 Å². The van der Waals surface area contributed by atoms with E-state index in [1.54, 1.807) is 12.3 Å². The monoisotopic (exact) mass is 194 g/mol. The van der Waals surface area contributed by atoms with E-state index in [4.69, 9.17) is 0 Å². The van der Waals surface area contributed by atoms with Gasteiger partial charge in [-0.25, -0.2) is 4.68 Å². The number of aliphatic hydroxyl groups excluding tert-OH is 1. The highest BCUT2D eigenvalue weighted by atomic mass is 16.3. The molecule has 0 bridgehead atoms. The summed E-state index contributed by atoms with van der Waals surface area (Å²) in [6.45, 7) is 0. The minimum atomic E-state index is -0.420. The zero-order valence-corrected chi connectivity index (χ0v) is 7.97. The van der Waals surface area contributed by atoms with Crippen LogP contribution in [0.25, 0.3) is 0 Å². The molecule has 14 heavy (non-hydrogen) atoms. The molecule has 1 N–H and O–H groups in total. The van der Waals surface area contributed by atoms with E-state index >= 15 is 0 Å². The molecule has 1 aliphatic rings. The molecule has 1 heterocycles. The van der Waals surface area contributed by atoms with Crippen LogP contribution in [0.5, 0.6) is 0 Å². The van der Waals surface area contributed by atoms with Gasteiger partial charge in [0.2, 0.25) is 0 Å². The second-order valence-corrected chi connectivity index (χ2v) is 3.73. The van der Waals surface area contributed by atoms with Crippen LogP contribution in [0.3, 0.4) is 0 Å². The molecule has 1 aromatic heterocycles. The fourth-order valence-electron chi connectivity index (χ4n) is 2.00. The summed E-state index contributed by atoms with van der Waals surface area (Å²) in [5.74, 6) is 0. The van der Waals surface area contributed by atoms with Crippen LogP contribution in [-0.4, -0.2) is 21.0 Å². The van der Waals surface area contributed by atoms with Crippen molar-refractivity contribution in [2.24, 2.45) is 0 Å². The average Bonchev–Trinajstić information content (AvgIpc) is 2.20. The third kappa shape index (κ3) is 1.70. The highest BCUT2D eigenvalue weighted by Gasteiger charge is 2.25. The van der Waals surface area contributed by atoms with Crippen LogP contribution in [0.1, 0.15) is 31.7 Å². The molecule has 0 aliphatic heterocycles. The van der Waals surface area contributed by atoms with Crippen LogP contribution < -0.4 is 5.56 Å². The number of hydrogen-bond donors (Lipinski definition) is 1. The fraction of sp³-hybridized carbons (Fsp3) is 0.600. The zero-order chi connectivity index (χ0) is 9.97. The largest absolute Gasteiger partial charge is 0.391 e. The molecule has 0 saturated heterocycles. The van der Waals surface area contributed by atoms with E-state index in [-0.39, 0.29) is 11.6 Å². The topological polar surface area (TPSA) is 55.1 Å². The van der Waals surface area contributed by atoms with Gasteiger partial charge in [0.05, 0.1) is 12.1 Å². The van der Waals surface area contributed by atoms with E-state index in [0.29, 0.717) is 0 Å². The van der Waals surface area contributed by atoms with E-state index < -0.39 is 6.10 Å². The molecule has 2 rings (SSSR count). The molecule has 0 spiro atoms. The summed E-state index contributed by atoms with van der Waals surface area (Å²) >= 11 is 0. The molecule has 1 aromatic rings. The Morgan fingerprint density at radius 2 is 2.21 bits per heavy atom. The quantitative estimate of drug-likeness (QED) is 0.716. The Bertz CT molecular complexity index is 361. The number of aromatic nitrogens is 2. The molecule has 0 aromatic carbocycles. The first-order chi connectivity index (χ1) is 6.79. The predicted molar refractivity (Wildman–Crippen MR) is 52.0 cm³/mol. The summed E-state index contributed by atoms with van der Waals surface area (Å²) in [5.41, 5.74) is -0.126. The van der Waals surface area contributed by atoms with Crippen molar-refractivity contribution in [3.63, 3.8) is 0 Å². The van der Waals surface area contributed by atoms with Crippen LogP contribution in [-0.2, 0) is 0 Å². The van der Waals surface area contributed by atoms with E-state index in [1.165, 1.54) is 10.7 Å². The third-order valence-electron chi connectivity index (χ3n) is 2.75. The molecule has 2 atom stereocenters. The normalized spacial score (nSPS) is 27.5. The van der Waals surface area contributed by atoms with Gasteiger partial charge in [-0.3, -0.25) is 4.79 Å². The number of hydrogen-bond acceptors (Lipinski definition) is 3. The smallest absolute Gasteiger partial charge is 0.267 e. The molecular weight excluding hydrogens is 180 g/mol. The van der Waals surface area contributed by atoms with Gasteiger partial charge in [0.25, 0.3) is 5.56 Å². The van der Waals surface area contributed by atoms with Gasteiger partial charge in [0.15, 0.2) is 0 Å². The summed E-state index contributed by atoms with van der Waals surface area (Å²) in [4.78, 5) is 11.5. The molecule has 0 amide bonds. The van der Waals surface area contributed by atoms with Crippen LogP contribution in [0.2, 0.25) is 0 Å². The number of aliphatic hydroxyl groups is 1. The second kappa shape index (κ2) is 3.92. The van der Waals surface area contributed by atoms with Crippen molar-refractivity contribution in [3.8, 4) is 0 Å². The van der Waals surface area contributed by atoms with E-state index in [2.05, 4.69) is 5.10 Å². The van der Waals surface area contributed by atoms with Gasteiger partial charge in [-0.1, -0.05) is 12.8 Å². The highest BCUT2D eigenvalue weighted by molar-refractivity contribution is 4.89. The van der Waals surface area contributed by atoms with Crippen molar-refractivity contribution < 1.29 is 5.11 Å². The lowest BCUT2D eigenvalue weighted by Gasteiger charge is -2.27. The van der Waals surface area contributed by atoms with Gasteiger partial charge in [0.1, 0.15) is 0 Å². The van der Waals surface area contributed by atoms with Crippen molar-refractivity contribution in [3.05, 3.63) is 28.7 Å². The average molecular weight is 194 g/mol. The van der Waals surface area contributed by atoms with Crippen molar-refractivity contribution in [2.45, 2.75) is 37.8 Å². The lowest BCUT2D eigenvalue weighted by atomic mass is 9.93. The minimum Gasteiger partial charge on any atom is -0.391 e. The van der Waals surface area contributed by atoms with Crippen LogP contribution in [0.4, 0.5) is 0 Å². The lowest BCUT2D eigenvalue weighted by molar-refractivity contribution is 0.0668. The molecule has 76 valence electrons. The first-order valence-electron chi connectivity index (χ1n) is 5.01. The molecule has 2 unspecified atom stereocenters. The van der Waals surface area contributed by atoms with Crippen molar-refractivity contribution in [1.82, 2.24) is 9.78 Å². The maximum Gasteiger partial charge on any atom is 0.267 e. The second-order valence-electron chi connectivity index (χ2n) is 3.73. The maximum atomic E-state index is 11.5. The first kappa shape index (κ1) is 9.40. The Balaban J connectivity index is 2.29. The Kier molecular flexibility index (Phi) is 2.63. The minimum absolute atomic E-state index is 0.126. The van der Waals surface area contributed by atoms with Gasteiger partial charge < -0.3 is 5.11 Å². The molecule has 1 saturated carbocycles. The van der Waals surface area contributed by atoms with Crippen molar-refractivity contribution in [1.29, 1.82) is 0 Å². The molecular formula is C10H14N2O2. The summed E-state index contributed by atoms with van der Waals surface area (Å²) in [6, 6.07) is 2.97. The van der Waals surface area contributed by atoms with E-state index in [9.17, 15) is 9.90 Å². The predicted octanol–water partition coefficient (Wildman–Crippen LogP) is 0.719. The summed E-state index contributed by atoms with van der Waals surface area (Å²) in [6.07, 6.45) is 4.88. The highest BCUT2D eigenvalue weighted by Crippen LogP contribution is 2.26. The standard InChI is InChI=1S/C10H14N2O2/c13-9-5-2-1-4-8(9)12-10(14)6-3-7-11-12/h3,6-9,13H,1-2,4-5H2. The third-order valence-corrected chi connectivity index (χ3v) is 2.75. The van der Waals surface area contributed by atoms with Gasteiger partial charge in [0, 0.05) is 12.3 Å². The van der Waals surface area contributed by atoms with Crippen LogP contribution >= 0.6 is 0 Å². The summed E-state index contributed by atoms with van der Waals surface area (Å²) < 4.78 is 1.41. The number of rotatable bonds is 1. The lowest BCUT2D eigenvalue weighted by Crippen LogP contribution is -2.35. The maximum absolute atomic E-state index is 11.5. The molecule has 1 fully saturated rings. The van der Waals surface area contributed by atoms with E-state index in [1.807, 2.05) is 0 Å². The Morgan fingerprint density at radius 3 is 2.93 bits per heavy atom.